The SMILES string of the molecule is OC[C@@H](O)Cn1cc2c(n1)CCc1c-2sc2ncnc(Nc3ccc(OCc4ccccc4)c(Cl)c3)c12. The van der Waals surface area contributed by atoms with E-state index < -0.39 is 6.10 Å². The molecule has 0 fully saturated rings. The van der Waals surface area contributed by atoms with Gasteiger partial charge in [0.2, 0.25) is 0 Å². The molecular formula is C27H24ClN5O3S. The quantitative estimate of drug-likeness (QED) is 0.258. The highest BCUT2D eigenvalue weighted by atomic mass is 35.5. The first-order chi connectivity index (χ1) is 18.1. The van der Waals surface area contributed by atoms with Gasteiger partial charge in [-0.2, -0.15) is 5.10 Å². The van der Waals surface area contributed by atoms with E-state index in [1.54, 1.807) is 22.3 Å². The Morgan fingerprint density at radius 3 is 2.81 bits per heavy atom. The first-order valence-electron chi connectivity index (χ1n) is 11.9. The number of nitrogens with zero attached hydrogens (tertiary/aromatic N) is 4. The third-order valence-electron chi connectivity index (χ3n) is 6.32. The third kappa shape index (κ3) is 4.78. The summed E-state index contributed by atoms with van der Waals surface area (Å²) in [5.74, 6) is 1.34. The maximum absolute atomic E-state index is 9.83. The largest absolute Gasteiger partial charge is 0.487 e. The number of aromatic nitrogens is 4. The van der Waals surface area contributed by atoms with Crippen molar-refractivity contribution in [3.63, 3.8) is 0 Å². The molecule has 3 heterocycles. The number of aliphatic hydroxyl groups excluding tert-OH is 2. The molecule has 8 nitrogen and oxygen atoms in total. The highest BCUT2D eigenvalue weighted by Gasteiger charge is 2.26. The Labute approximate surface area is 222 Å². The summed E-state index contributed by atoms with van der Waals surface area (Å²) in [4.78, 5) is 11.1. The Morgan fingerprint density at radius 1 is 1.14 bits per heavy atom. The molecule has 5 aromatic rings. The smallest absolute Gasteiger partial charge is 0.142 e. The second-order valence-corrected chi connectivity index (χ2v) is 10.3. The Morgan fingerprint density at radius 2 is 2.00 bits per heavy atom. The van der Waals surface area contributed by atoms with Crippen LogP contribution in [0.2, 0.25) is 5.02 Å². The lowest BCUT2D eigenvalue weighted by Crippen LogP contribution is -2.20. The predicted octanol–water partition coefficient (Wildman–Crippen LogP) is 4.98. The molecule has 0 spiro atoms. The van der Waals surface area contributed by atoms with E-state index in [0.717, 1.165) is 56.3 Å². The highest BCUT2D eigenvalue weighted by molar-refractivity contribution is 7.22. The zero-order valence-electron chi connectivity index (χ0n) is 19.8. The fourth-order valence-corrected chi connectivity index (χ4v) is 6.01. The topological polar surface area (TPSA) is 105 Å². The summed E-state index contributed by atoms with van der Waals surface area (Å²) in [6, 6.07) is 15.6. The Balaban J connectivity index is 1.27. The number of ether oxygens (including phenoxy) is 1. The fraction of sp³-hybridized carbons (Fsp3) is 0.222. The number of hydrogen-bond acceptors (Lipinski definition) is 8. The van der Waals surface area contributed by atoms with Gasteiger partial charge in [-0.25, -0.2) is 9.97 Å². The van der Waals surface area contributed by atoms with Crippen LogP contribution in [-0.4, -0.2) is 42.7 Å². The summed E-state index contributed by atoms with van der Waals surface area (Å²) < 4.78 is 7.61. The second kappa shape index (κ2) is 10.1. The van der Waals surface area contributed by atoms with E-state index in [0.29, 0.717) is 17.4 Å². The van der Waals surface area contributed by atoms with Crippen LogP contribution in [0, 0.1) is 0 Å². The van der Waals surface area contributed by atoms with Crippen LogP contribution in [0.1, 0.15) is 16.8 Å². The lowest BCUT2D eigenvalue weighted by Gasteiger charge is -2.13. The summed E-state index contributed by atoms with van der Waals surface area (Å²) in [7, 11) is 0. The van der Waals surface area contributed by atoms with E-state index in [2.05, 4.69) is 20.4 Å². The average molecular weight is 534 g/mol. The molecule has 0 amide bonds. The van der Waals surface area contributed by atoms with Crippen LogP contribution >= 0.6 is 22.9 Å². The zero-order chi connectivity index (χ0) is 25.4. The molecule has 0 saturated carbocycles. The van der Waals surface area contributed by atoms with Crippen LogP contribution in [-0.2, 0) is 26.0 Å². The maximum atomic E-state index is 9.83. The van der Waals surface area contributed by atoms with Crippen molar-refractivity contribution in [2.75, 3.05) is 11.9 Å². The molecule has 37 heavy (non-hydrogen) atoms. The summed E-state index contributed by atoms with van der Waals surface area (Å²) in [5, 5.41) is 28.6. The minimum Gasteiger partial charge on any atom is -0.487 e. The van der Waals surface area contributed by atoms with Crippen molar-refractivity contribution in [1.29, 1.82) is 0 Å². The Bertz CT molecular complexity index is 1570. The van der Waals surface area contributed by atoms with Gasteiger partial charge in [0, 0.05) is 22.3 Å². The van der Waals surface area contributed by atoms with Gasteiger partial charge in [0.1, 0.15) is 29.3 Å². The molecule has 1 atom stereocenters. The zero-order valence-corrected chi connectivity index (χ0v) is 21.3. The van der Waals surface area contributed by atoms with Crippen molar-refractivity contribution in [3.05, 3.63) is 82.9 Å². The van der Waals surface area contributed by atoms with Crippen molar-refractivity contribution >= 4 is 44.7 Å². The fourth-order valence-electron chi connectivity index (χ4n) is 4.56. The first-order valence-corrected chi connectivity index (χ1v) is 13.1. The number of anilines is 2. The van der Waals surface area contributed by atoms with Crippen molar-refractivity contribution in [2.24, 2.45) is 0 Å². The van der Waals surface area contributed by atoms with Crippen LogP contribution in [0.5, 0.6) is 5.75 Å². The van der Waals surface area contributed by atoms with Gasteiger partial charge in [-0.1, -0.05) is 41.9 Å². The van der Waals surface area contributed by atoms with Crippen LogP contribution in [0.25, 0.3) is 20.7 Å². The molecule has 1 aliphatic carbocycles. The standard InChI is InChI=1S/C27H24ClN5O3S/c28-21-10-17(6-9-23(21)36-14-16-4-2-1-3-5-16)31-26-24-19-7-8-22-20(12-33(32-22)11-18(35)13-34)25(19)37-27(24)30-15-29-26/h1-6,9-10,12,15,18,34-35H,7-8,11,13-14H2,(H,29,30,31)/t18-/m0/s1. The van der Waals surface area contributed by atoms with E-state index in [1.165, 1.54) is 5.56 Å². The maximum Gasteiger partial charge on any atom is 0.142 e. The number of hydrogen-bond donors (Lipinski definition) is 3. The van der Waals surface area contributed by atoms with Gasteiger partial charge in [0.25, 0.3) is 0 Å². The van der Waals surface area contributed by atoms with Gasteiger partial charge in [-0.3, -0.25) is 4.68 Å². The number of rotatable bonds is 8. The number of fused-ring (bicyclic) bond motifs is 5. The van der Waals surface area contributed by atoms with Gasteiger partial charge in [0.05, 0.1) is 35.4 Å². The number of aliphatic hydroxyl groups is 2. The lowest BCUT2D eigenvalue weighted by molar-refractivity contribution is 0.0782. The highest BCUT2D eigenvalue weighted by Crippen LogP contribution is 2.45. The van der Waals surface area contributed by atoms with Crippen molar-refractivity contribution < 1.29 is 14.9 Å². The monoisotopic (exact) mass is 533 g/mol. The molecule has 10 heteroatoms. The molecule has 0 bridgehead atoms. The molecule has 0 unspecified atom stereocenters. The van der Waals surface area contributed by atoms with Crippen LogP contribution in [0.4, 0.5) is 11.5 Å². The van der Waals surface area contributed by atoms with E-state index >= 15 is 0 Å². The molecule has 188 valence electrons. The van der Waals surface area contributed by atoms with Crippen LogP contribution in [0.3, 0.4) is 0 Å². The molecule has 0 aliphatic heterocycles. The first kappa shape index (κ1) is 23.9. The number of halogens is 1. The molecule has 3 aromatic heterocycles. The number of benzene rings is 2. The third-order valence-corrected chi connectivity index (χ3v) is 7.79. The van der Waals surface area contributed by atoms with Crippen LogP contribution < -0.4 is 10.1 Å². The molecule has 0 radical (unpaired) electrons. The van der Waals surface area contributed by atoms with Gasteiger partial charge >= 0.3 is 0 Å². The van der Waals surface area contributed by atoms with E-state index in [4.69, 9.17) is 16.3 Å². The number of aryl methyl sites for hydroxylation is 2. The van der Waals surface area contributed by atoms with E-state index in [9.17, 15) is 10.2 Å². The summed E-state index contributed by atoms with van der Waals surface area (Å²) in [6.45, 7) is 0.397. The molecule has 3 N–H and O–H groups in total. The lowest BCUT2D eigenvalue weighted by atomic mass is 9.95. The second-order valence-electron chi connectivity index (χ2n) is 8.90. The summed E-state index contributed by atoms with van der Waals surface area (Å²) >= 11 is 8.15. The number of thiophene rings is 1. The molecule has 0 saturated heterocycles. The van der Waals surface area contributed by atoms with Gasteiger partial charge in [-0.05, 0) is 42.2 Å². The Hall–Kier alpha value is -3.50. The van der Waals surface area contributed by atoms with E-state index in [-0.39, 0.29) is 13.2 Å². The predicted molar refractivity (Wildman–Crippen MR) is 145 cm³/mol. The van der Waals surface area contributed by atoms with Crippen LogP contribution in [0.15, 0.2) is 61.1 Å². The minimum absolute atomic E-state index is 0.252. The minimum atomic E-state index is -0.841. The molecule has 1 aliphatic rings. The van der Waals surface area contributed by atoms with Gasteiger partial charge in [-0.15, -0.1) is 11.3 Å². The molecular weight excluding hydrogens is 510 g/mol. The summed E-state index contributed by atoms with van der Waals surface area (Å²) in [6.07, 6.45) is 4.26. The Kier molecular flexibility index (Phi) is 6.52. The summed E-state index contributed by atoms with van der Waals surface area (Å²) in [5.41, 5.74) is 5.10. The molecule has 2 aromatic carbocycles. The van der Waals surface area contributed by atoms with Crippen molar-refractivity contribution in [3.8, 4) is 16.2 Å². The van der Waals surface area contributed by atoms with E-state index in [1.807, 2.05) is 54.7 Å². The normalized spacial score (nSPS) is 13.3. The average Bonchev–Trinajstić information content (AvgIpc) is 3.50. The number of nitrogens with one attached hydrogen (secondary N) is 1. The van der Waals surface area contributed by atoms with Gasteiger partial charge < -0.3 is 20.3 Å². The van der Waals surface area contributed by atoms with Gasteiger partial charge in [0.15, 0.2) is 0 Å². The van der Waals surface area contributed by atoms with Crippen molar-refractivity contribution in [1.82, 2.24) is 19.7 Å². The van der Waals surface area contributed by atoms with Crippen molar-refractivity contribution in [2.45, 2.75) is 32.1 Å². The molecule has 6 rings (SSSR count).